The minimum atomic E-state index is -1.51. The fraction of sp³-hybridized carbons (Fsp3) is 0.333. The molecular weight excluding hydrogens is 267 g/mol. The summed E-state index contributed by atoms with van der Waals surface area (Å²) in [5, 5.41) is 4.06. The summed E-state index contributed by atoms with van der Waals surface area (Å²) >= 11 is 0. The SMILES string of the molecule is CC(C)n1ncnc1CS(=O)c1ccc(N)cc1F. The third-order valence-electron chi connectivity index (χ3n) is 2.60. The van der Waals surface area contributed by atoms with Gasteiger partial charge in [-0.15, -0.1) is 0 Å². The molecule has 1 aromatic heterocycles. The van der Waals surface area contributed by atoms with Crippen molar-refractivity contribution in [3.05, 3.63) is 36.2 Å². The van der Waals surface area contributed by atoms with E-state index in [9.17, 15) is 8.60 Å². The Labute approximate surface area is 113 Å². The Morgan fingerprint density at radius 2 is 2.21 bits per heavy atom. The topological polar surface area (TPSA) is 73.8 Å². The summed E-state index contributed by atoms with van der Waals surface area (Å²) in [7, 11) is -1.51. The first kappa shape index (κ1) is 13.7. The van der Waals surface area contributed by atoms with Crippen molar-refractivity contribution in [2.45, 2.75) is 30.5 Å². The monoisotopic (exact) mass is 282 g/mol. The van der Waals surface area contributed by atoms with Crippen LogP contribution in [0.5, 0.6) is 0 Å². The smallest absolute Gasteiger partial charge is 0.141 e. The van der Waals surface area contributed by atoms with Gasteiger partial charge in [0.15, 0.2) is 0 Å². The van der Waals surface area contributed by atoms with E-state index in [1.54, 1.807) is 4.68 Å². The van der Waals surface area contributed by atoms with Crippen LogP contribution in [0.3, 0.4) is 0 Å². The van der Waals surface area contributed by atoms with Gasteiger partial charge in [-0.25, -0.2) is 14.1 Å². The molecule has 0 aliphatic rings. The van der Waals surface area contributed by atoms with Crippen LogP contribution >= 0.6 is 0 Å². The quantitative estimate of drug-likeness (QED) is 0.869. The lowest BCUT2D eigenvalue weighted by molar-refractivity contribution is 0.513. The van der Waals surface area contributed by atoms with Crippen LogP contribution in [0.4, 0.5) is 10.1 Å². The molecule has 2 N–H and O–H groups in total. The highest BCUT2D eigenvalue weighted by molar-refractivity contribution is 7.84. The molecule has 1 heterocycles. The summed E-state index contributed by atoms with van der Waals surface area (Å²) in [6.45, 7) is 3.90. The molecule has 7 heteroatoms. The summed E-state index contributed by atoms with van der Waals surface area (Å²) in [6.07, 6.45) is 1.41. The zero-order chi connectivity index (χ0) is 14.0. The van der Waals surface area contributed by atoms with Crippen LogP contribution in [-0.2, 0) is 16.6 Å². The van der Waals surface area contributed by atoms with Gasteiger partial charge in [0.05, 0.1) is 21.4 Å². The number of benzene rings is 1. The first-order chi connectivity index (χ1) is 8.99. The van der Waals surface area contributed by atoms with E-state index >= 15 is 0 Å². The molecule has 102 valence electrons. The molecule has 0 bridgehead atoms. The average Bonchev–Trinajstić information content (AvgIpc) is 2.76. The summed E-state index contributed by atoms with van der Waals surface area (Å²) in [6, 6.07) is 4.26. The molecule has 0 aliphatic carbocycles. The zero-order valence-corrected chi connectivity index (χ0v) is 11.5. The predicted molar refractivity (Wildman–Crippen MR) is 71.3 cm³/mol. The first-order valence-corrected chi connectivity index (χ1v) is 7.12. The lowest BCUT2D eigenvalue weighted by Crippen LogP contribution is -2.11. The van der Waals surface area contributed by atoms with Crippen molar-refractivity contribution in [2.75, 3.05) is 5.73 Å². The van der Waals surface area contributed by atoms with Crippen LogP contribution in [0.15, 0.2) is 29.4 Å². The van der Waals surface area contributed by atoms with Gasteiger partial charge in [0.25, 0.3) is 0 Å². The Bertz CT molecular complexity index is 612. The largest absolute Gasteiger partial charge is 0.399 e. The number of nitrogens with zero attached hydrogens (tertiary/aromatic N) is 3. The van der Waals surface area contributed by atoms with E-state index in [0.717, 1.165) is 0 Å². The third kappa shape index (κ3) is 2.98. The molecule has 0 amide bonds. The number of nitrogens with two attached hydrogens (primary N) is 1. The summed E-state index contributed by atoms with van der Waals surface area (Å²) in [5.74, 6) is 0.137. The normalized spacial score (nSPS) is 12.8. The van der Waals surface area contributed by atoms with Crippen LogP contribution < -0.4 is 5.73 Å². The predicted octanol–water partition coefficient (Wildman–Crippen LogP) is 1.89. The van der Waals surface area contributed by atoms with Gasteiger partial charge in [0.2, 0.25) is 0 Å². The van der Waals surface area contributed by atoms with Gasteiger partial charge in [0, 0.05) is 11.7 Å². The maximum Gasteiger partial charge on any atom is 0.141 e. The van der Waals surface area contributed by atoms with Gasteiger partial charge in [-0.05, 0) is 32.0 Å². The second-order valence-corrected chi connectivity index (χ2v) is 5.81. The highest BCUT2D eigenvalue weighted by atomic mass is 32.2. The Balaban J connectivity index is 2.23. The summed E-state index contributed by atoms with van der Waals surface area (Å²) in [5.41, 5.74) is 5.77. The Kier molecular flexibility index (Phi) is 3.94. The van der Waals surface area contributed by atoms with Crippen molar-refractivity contribution in [1.29, 1.82) is 0 Å². The molecule has 0 saturated heterocycles. The lowest BCUT2D eigenvalue weighted by Gasteiger charge is -2.09. The number of hydrogen-bond acceptors (Lipinski definition) is 4. The standard InChI is InChI=1S/C12H15FN4OS/c1-8(2)17-12(15-7-16-17)6-19(18)11-4-3-9(14)5-10(11)13/h3-5,7-8H,6,14H2,1-2H3. The van der Waals surface area contributed by atoms with Gasteiger partial charge in [0.1, 0.15) is 18.0 Å². The minimum Gasteiger partial charge on any atom is -0.399 e. The molecule has 5 nitrogen and oxygen atoms in total. The van der Waals surface area contributed by atoms with Crippen molar-refractivity contribution < 1.29 is 8.60 Å². The number of aromatic nitrogens is 3. The average molecular weight is 282 g/mol. The number of rotatable bonds is 4. The summed E-state index contributed by atoms with van der Waals surface area (Å²) in [4.78, 5) is 4.19. The van der Waals surface area contributed by atoms with E-state index in [1.165, 1.54) is 24.5 Å². The molecule has 2 aromatic rings. The van der Waals surface area contributed by atoms with Crippen LogP contribution in [0.1, 0.15) is 25.7 Å². The molecule has 0 saturated carbocycles. The fourth-order valence-corrected chi connectivity index (χ4v) is 2.80. The second-order valence-electron chi connectivity index (χ2n) is 4.39. The third-order valence-corrected chi connectivity index (χ3v) is 3.94. The molecule has 0 fully saturated rings. The molecule has 1 unspecified atom stereocenters. The van der Waals surface area contributed by atoms with Gasteiger partial charge in [-0.3, -0.25) is 4.21 Å². The van der Waals surface area contributed by atoms with E-state index in [4.69, 9.17) is 5.73 Å². The number of anilines is 1. The number of nitrogen functional groups attached to an aromatic ring is 1. The molecule has 1 atom stereocenters. The summed E-state index contributed by atoms with van der Waals surface area (Å²) < 4.78 is 27.5. The van der Waals surface area contributed by atoms with Gasteiger partial charge < -0.3 is 5.73 Å². The molecular formula is C12H15FN4OS. The van der Waals surface area contributed by atoms with Crippen LogP contribution in [-0.4, -0.2) is 19.0 Å². The van der Waals surface area contributed by atoms with E-state index < -0.39 is 16.6 Å². The highest BCUT2D eigenvalue weighted by Gasteiger charge is 2.15. The van der Waals surface area contributed by atoms with E-state index in [-0.39, 0.29) is 16.7 Å². The van der Waals surface area contributed by atoms with Gasteiger partial charge >= 0.3 is 0 Å². The van der Waals surface area contributed by atoms with Crippen LogP contribution in [0.2, 0.25) is 0 Å². The first-order valence-electron chi connectivity index (χ1n) is 5.81. The molecule has 19 heavy (non-hydrogen) atoms. The highest BCUT2D eigenvalue weighted by Crippen LogP contribution is 2.18. The maximum absolute atomic E-state index is 13.7. The van der Waals surface area contributed by atoms with Crippen molar-refractivity contribution in [3.8, 4) is 0 Å². The minimum absolute atomic E-state index is 0.116. The van der Waals surface area contributed by atoms with E-state index in [2.05, 4.69) is 10.1 Å². The molecule has 0 radical (unpaired) electrons. The molecule has 2 rings (SSSR count). The van der Waals surface area contributed by atoms with Crippen molar-refractivity contribution in [2.24, 2.45) is 0 Å². The van der Waals surface area contributed by atoms with Crippen LogP contribution in [0, 0.1) is 5.82 Å². The molecule has 1 aromatic carbocycles. The molecule has 0 spiro atoms. The number of halogens is 1. The maximum atomic E-state index is 13.7. The Hall–Kier alpha value is -1.76. The van der Waals surface area contributed by atoms with Crippen molar-refractivity contribution in [3.63, 3.8) is 0 Å². The lowest BCUT2D eigenvalue weighted by atomic mass is 10.3. The van der Waals surface area contributed by atoms with E-state index in [0.29, 0.717) is 11.5 Å². The second kappa shape index (κ2) is 5.48. The van der Waals surface area contributed by atoms with E-state index in [1.807, 2.05) is 13.8 Å². The van der Waals surface area contributed by atoms with Crippen molar-refractivity contribution >= 4 is 16.5 Å². The van der Waals surface area contributed by atoms with Crippen LogP contribution in [0.25, 0.3) is 0 Å². The number of hydrogen-bond donors (Lipinski definition) is 1. The van der Waals surface area contributed by atoms with Gasteiger partial charge in [-0.2, -0.15) is 5.10 Å². The fourth-order valence-electron chi connectivity index (χ4n) is 1.71. The molecule has 0 aliphatic heterocycles. The van der Waals surface area contributed by atoms with Crippen molar-refractivity contribution in [1.82, 2.24) is 14.8 Å². The Morgan fingerprint density at radius 3 is 2.84 bits per heavy atom. The van der Waals surface area contributed by atoms with Gasteiger partial charge in [-0.1, -0.05) is 0 Å². The Morgan fingerprint density at radius 1 is 1.47 bits per heavy atom. The zero-order valence-electron chi connectivity index (χ0n) is 10.7.